The number of hydrogen-bond donors (Lipinski definition) is 3. The van der Waals surface area contributed by atoms with Crippen molar-refractivity contribution in [3.8, 4) is 5.75 Å². The maximum Gasteiger partial charge on any atom is 0.225 e. The number of likely N-dealkylation sites (N-methyl/N-ethyl adjacent to an activating group) is 1. The van der Waals surface area contributed by atoms with Crippen molar-refractivity contribution in [1.29, 1.82) is 0 Å². The summed E-state index contributed by atoms with van der Waals surface area (Å²) in [5.41, 5.74) is 10.0. The summed E-state index contributed by atoms with van der Waals surface area (Å²) < 4.78 is 11.5. The van der Waals surface area contributed by atoms with Crippen LogP contribution in [0.2, 0.25) is 0 Å². The van der Waals surface area contributed by atoms with Crippen LogP contribution in [0, 0.1) is 6.92 Å². The molecule has 164 valence electrons. The first-order valence-electron chi connectivity index (χ1n) is 10.7. The van der Waals surface area contributed by atoms with Crippen molar-refractivity contribution in [2.45, 2.75) is 64.9 Å². The minimum absolute atomic E-state index is 0.283. The van der Waals surface area contributed by atoms with Crippen molar-refractivity contribution in [2.75, 3.05) is 18.9 Å². The fraction of sp³-hybridized carbons (Fsp3) is 0.545. The van der Waals surface area contributed by atoms with Crippen LogP contribution in [-0.4, -0.2) is 34.8 Å². The Kier molecular flexibility index (Phi) is 7.20. The number of hydrazine groups is 1. The third-order valence-electron chi connectivity index (χ3n) is 5.45. The first-order valence-corrected chi connectivity index (χ1v) is 10.7. The highest BCUT2D eigenvalue weighted by atomic mass is 16.5. The molecule has 1 saturated carbocycles. The molecule has 0 aromatic carbocycles. The van der Waals surface area contributed by atoms with Crippen LogP contribution in [0.15, 0.2) is 28.4 Å². The average molecular weight is 415 g/mol. The van der Waals surface area contributed by atoms with Crippen LogP contribution in [0.4, 0.5) is 5.88 Å². The lowest BCUT2D eigenvalue weighted by Gasteiger charge is -2.24. The summed E-state index contributed by atoms with van der Waals surface area (Å²) >= 11 is 0. The van der Waals surface area contributed by atoms with E-state index in [1.165, 1.54) is 24.3 Å². The van der Waals surface area contributed by atoms with Gasteiger partial charge in [-0.1, -0.05) is 25.4 Å². The Bertz CT molecular complexity index is 868. The quantitative estimate of drug-likeness (QED) is 0.442. The highest BCUT2D eigenvalue weighted by Crippen LogP contribution is 2.26. The van der Waals surface area contributed by atoms with E-state index in [9.17, 15) is 0 Å². The third kappa shape index (κ3) is 5.44. The highest BCUT2D eigenvalue weighted by Gasteiger charge is 2.18. The molecule has 8 heteroatoms. The van der Waals surface area contributed by atoms with Crippen molar-refractivity contribution in [3.05, 3.63) is 41.0 Å². The van der Waals surface area contributed by atoms with Crippen molar-refractivity contribution in [1.82, 2.24) is 15.1 Å². The molecule has 0 aliphatic heterocycles. The topological polar surface area (TPSA) is 115 Å². The molecule has 2 aromatic heterocycles. The van der Waals surface area contributed by atoms with E-state index >= 15 is 0 Å². The molecule has 1 fully saturated rings. The molecule has 2 heterocycles. The van der Waals surface area contributed by atoms with E-state index in [0.29, 0.717) is 35.4 Å². The smallest absolute Gasteiger partial charge is 0.225 e. The minimum atomic E-state index is 0.283. The third-order valence-corrected chi connectivity index (χ3v) is 5.45. The Balaban J connectivity index is 1.73. The zero-order valence-electron chi connectivity index (χ0n) is 18.4. The van der Waals surface area contributed by atoms with Crippen LogP contribution in [0.3, 0.4) is 0 Å². The van der Waals surface area contributed by atoms with Crippen LogP contribution >= 0.6 is 0 Å². The molecule has 8 nitrogen and oxygen atoms in total. The number of pyridine rings is 1. The summed E-state index contributed by atoms with van der Waals surface area (Å²) in [6.07, 6.45) is 6.26. The second kappa shape index (κ2) is 9.84. The van der Waals surface area contributed by atoms with Crippen LogP contribution in [0.1, 0.15) is 69.0 Å². The predicted molar refractivity (Wildman–Crippen MR) is 119 cm³/mol. The van der Waals surface area contributed by atoms with Gasteiger partial charge in [0, 0.05) is 13.1 Å². The van der Waals surface area contributed by atoms with Gasteiger partial charge in [0.05, 0.1) is 41.1 Å². The maximum atomic E-state index is 6.43. The fourth-order valence-electron chi connectivity index (χ4n) is 3.56. The first-order chi connectivity index (χ1) is 14.3. The number of nitrogens with two attached hydrogens (primary N) is 2. The number of ether oxygens (including phenoxy) is 1. The zero-order chi connectivity index (χ0) is 21.7. The Morgan fingerprint density at radius 1 is 1.30 bits per heavy atom. The average Bonchev–Trinajstić information content (AvgIpc) is 3.19. The van der Waals surface area contributed by atoms with Gasteiger partial charge in [-0.05, 0) is 50.7 Å². The van der Waals surface area contributed by atoms with E-state index in [2.05, 4.69) is 29.3 Å². The summed E-state index contributed by atoms with van der Waals surface area (Å²) in [6.45, 7) is 6.45. The first kappa shape index (κ1) is 22.0. The fourth-order valence-corrected chi connectivity index (χ4v) is 3.56. The molecule has 0 saturated heterocycles. The molecule has 1 aliphatic carbocycles. The maximum absolute atomic E-state index is 6.43. The number of anilines is 1. The molecule has 0 radical (unpaired) electrons. The number of hydrogen-bond acceptors (Lipinski definition) is 8. The summed E-state index contributed by atoms with van der Waals surface area (Å²) in [4.78, 5) is 4.67. The van der Waals surface area contributed by atoms with Gasteiger partial charge in [0.1, 0.15) is 5.75 Å². The Hall–Kier alpha value is -2.74. The van der Waals surface area contributed by atoms with Crippen molar-refractivity contribution in [2.24, 2.45) is 11.6 Å². The molecule has 30 heavy (non-hydrogen) atoms. The second-order valence-electron chi connectivity index (χ2n) is 8.25. The van der Waals surface area contributed by atoms with Gasteiger partial charge in [-0.15, -0.1) is 0 Å². The van der Waals surface area contributed by atoms with Gasteiger partial charge in [0.15, 0.2) is 0 Å². The molecule has 2 aromatic rings. The second-order valence-corrected chi connectivity index (χ2v) is 8.25. The molecule has 0 spiro atoms. The van der Waals surface area contributed by atoms with Crippen LogP contribution in [-0.2, 0) is 0 Å². The Labute approximate surface area is 178 Å². The minimum Gasteiger partial charge on any atom is -0.489 e. The van der Waals surface area contributed by atoms with E-state index in [0.717, 1.165) is 30.0 Å². The molecule has 5 N–H and O–H groups in total. The van der Waals surface area contributed by atoms with Crippen LogP contribution in [0.25, 0.3) is 5.70 Å². The lowest BCUT2D eigenvalue weighted by molar-refractivity contribution is 0.153. The van der Waals surface area contributed by atoms with Gasteiger partial charge < -0.3 is 25.3 Å². The predicted octanol–water partition coefficient (Wildman–Crippen LogP) is 3.76. The molecular weight excluding hydrogens is 380 g/mol. The molecule has 0 amide bonds. The number of nitrogens with zero attached hydrogens (tertiary/aromatic N) is 3. The zero-order valence-corrected chi connectivity index (χ0v) is 18.4. The molecule has 0 unspecified atom stereocenters. The monoisotopic (exact) mass is 414 g/mol. The molecule has 1 aliphatic rings. The van der Waals surface area contributed by atoms with Gasteiger partial charge in [0.2, 0.25) is 5.88 Å². The summed E-state index contributed by atoms with van der Waals surface area (Å²) in [5, 5.41) is 8.74. The summed E-state index contributed by atoms with van der Waals surface area (Å²) in [7, 11) is 1.75. The molecule has 3 rings (SSSR count). The lowest BCUT2D eigenvalue weighted by Crippen LogP contribution is -2.31. The van der Waals surface area contributed by atoms with Gasteiger partial charge in [-0.25, -0.2) is 10.8 Å². The van der Waals surface area contributed by atoms with Gasteiger partial charge in [0.25, 0.3) is 0 Å². The van der Waals surface area contributed by atoms with Crippen LogP contribution in [0.5, 0.6) is 5.75 Å². The van der Waals surface area contributed by atoms with E-state index in [4.69, 9.17) is 20.8 Å². The number of nitrogens with one attached hydrogen (secondary N) is 1. The molecule has 0 bridgehead atoms. The van der Waals surface area contributed by atoms with Crippen molar-refractivity contribution >= 4 is 11.6 Å². The van der Waals surface area contributed by atoms with Gasteiger partial charge in [-0.2, -0.15) is 0 Å². The number of rotatable bonds is 8. The van der Waals surface area contributed by atoms with Crippen LogP contribution < -0.4 is 21.6 Å². The number of aryl methyl sites for hydroxylation is 1. The van der Waals surface area contributed by atoms with E-state index in [1.807, 2.05) is 25.1 Å². The van der Waals surface area contributed by atoms with E-state index in [-0.39, 0.29) is 6.10 Å². The Morgan fingerprint density at radius 2 is 2.03 bits per heavy atom. The Morgan fingerprint density at radius 3 is 2.63 bits per heavy atom. The largest absolute Gasteiger partial charge is 0.489 e. The molecular formula is C22H34N6O2. The lowest BCUT2D eigenvalue weighted by atomic mass is 9.98. The molecule has 0 atom stereocenters. The summed E-state index contributed by atoms with van der Waals surface area (Å²) in [5.74, 6) is 7.73. The number of aromatic nitrogens is 2. The van der Waals surface area contributed by atoms with E-state index in [1.54, 1.807) is 7.05 Å². The summed E-state index contributed by atoms with van der Waals surface area (Å²) in [6, 6.07) is 5.72. The van der Waals surface area contributed by atoms with Crippen molar-refractivity contribution in [3.63, 3.8) is 0 Å². The standard InChI is InChI=1S/C22H34N6O2/c1-14(2)18-12-21(30-27-18)25-13-19(28(4)24)22(23)17-10-11-20(15(3)26-17)29-16-8-6-5-7-9-16/h10-12,14,16,25H,5-9,13,23-24H2,1-4H3/b22-19-. The van der Waals surface area contributed by atoms with Gasteiger partial charge in [-0.3, -0.25) is 0 Å². The van der Waals surface area contributed by atoms with Crippen molar-refractivity contribution < 1.29 is 9.26 Å². The SMILES string of the molecule is Cc1nc(/C(N)=C(\CNc2cc(C(C)C)no2)N(C)N)ccc1OC1CCCCC1. The van der Waals surface area contributed by atoms with E-state index < -0.39 is 0 Å². The normalized spacial score (nSPS) is 15.8. The van der Waals surface area contributed by atoms with Gasteiger partial charge >= 0.3 is 0 Å². The highest BCUT2D eigenvalue weighted by molar-refractivity contribution is 5.64.